The van der Waals surface area contributed by atoms with Crippen LogP contribution >= 0.6 is 11.6 Å². The van der Waals surface area contributed by atoms with Gasteiger partial charge in [-0.05, 0) is 41.3 Å². The second kappa shape index (κ2) is 6.44. The minimum Gasteiger partial charge on any atom is -0.461 e. The number of carbonyl (C=O) groups excluding carboxylic acids is 1. The summed E-state index contributed by atoms with van der Waals surface area (Å²) in [6.45, 7) is 4.24. The summed E-state index contributed by atoms with van der Waals surface area (Å²) in [7, 11) is 0. The van der Waals surface area contributed by atoms with Crippen molar-refractivity contribution in [3.05, 3.63) is 88.2 Å². The van der Waals surface area contributed by atoms with Crippen molar-refractivity contribution in [3.63, 3.8) is 0 Å². The van der Waals surface area contributed by atoms with Crippen molar-refractivity contribution in [2.75, 3.05) is 0 Å². The van der Waals surface area contributed by atoms with Gasteiger partial charge in [-0.2, -0.15) is 0 Å². The first kappa shape index (κ1) is 17.1. The normalized spacial score (nSPS) is 21.7. The molecule has 26 heavy (non-hydrogen) atoms. The molecule has 0 radical (unpaired) electrons. The van der Waals surface area contributed by atoms with E-state index in [-0.39, 0.29) is 17.1 Å². The average molecular weight is 365 g/mol. The van der Waals surface area contributed by atoms with Crippen LogP contribution in [-0.4, -0.2) is 5.78 Å². The molecule has 4 rings (SSSR count). The van der Waals surface area contributed by atoms with Crippen LogP contribution in [0.4, 0.5) is 0 Å². The molecule has 3 heteroatoms. The summed E-state index contributed by atoms with van der Waals surface area (Å²) < 4.78 is 6.25. The van der Waals surface area contributed by atoms with Crippen LogP contribution in [0.25, 0.3) is 5.76 Å². The number of hydrogen-bond acceptors (Lipinski definition) is 2. The predicted octanol–water partition coefficient (Wildman–Crippen LogP) is 6.14. The van der Waals surface area contributed by atoms with E-state index in [1.807, 2.05) is 42.5 Å². The largest absolute Gasteiger partial charge is 0.461 e. The monoisotopic (exact) mass is 364 g/mol. The number of ether oxygens (including phenoxy) is 1. The first-order chi connectivity index (χ1) is 12.4. The Labute approximate surface area is 159 Å². The molecule has 0 amide bonds. The van der Waals surface area contributed by atoms with E-state index < -0.39 is 0 Å². The van der Waals surface area contributed by atoms with Gasteiger partial charge in [0.1, 0.15) is 11.5 Å². The lowest BCUT2D eigenvalue weighted by atomic mass is 9.71. The molecule has 0 saturated carbocycles. The van der Waals surface area contributed by atoms with Gasteiger partial charge in [0.15, 0.2) is 5.78 Å². The lowest BCUT2D eigenvalue weighted by Gasteiger charge is -2.37. The molecule has 1 atom stereocenters. The van der Waals surface area contributed by atoms with Crippen LogP contribution in [0.2, 0.25) is 5.02 Å². The number of allylic oxidation sites excluding steroid dienone is 3. The first-order valence-electron chi connectivity index (χ1n) is 8.90. The Morgan fingerprint density at radius 1 is 1.00 bits per heavy atom. The molecule has 0 spiro atoms. The van der Waals surface area contributed by atoms with E-state index in [2.05, 4.69) is 32.1 Å². The molecular formula is C23H21ClO2. The molecular weight excluding hydrogens is 344 g/mol. The Morgan fingerprint density at radius 3 is 2.38 bits per heavy atom. The van der Waals surface area contributed by atoms with Crippen molar-refractivity contribution in [1.82, 2.24) is 0 Å². The second-order valence-corrected chi connectivity index (χ2v) is 8.24. The smallest absolute Gasteiger partial charge is 0.163 e. The van der Waals surface area contributed by atoms with Gasteiger partial charge in [0.2, 0.25) is 0 Å². The number of Topliss-reactive ketones (excluding diaryl/α,β-unsaturated/α-hetero) is 1. The highest BCUT2D eigenvalue weighted by molar-refractivity contribution is 6.30. The van der Waals surface area contributed by atoms with Crippen molar-refractivity contribution >= 4 is 23.1 Å². The molecule has 1 aliphatic carbocycles. The highest BCUT2D eigenvalue weighted by Gasteiger charge is 2.39. The quantitative estimate of drug-likeness (QED) is 0.639. The SMILES string of the molecule is CC1(C)CC(=O)C2=C(C1)OC(c1ccc(Cl)cc1)=CC2c1ccccc1. The molecule has 1 heterocycles. The van der Waals surface area contributed by atoms with E-state index in [4.69, 9.17) is 16.3 Å². The predicted molar refractivity (Wildman–Crippen MR) is 105 cm³/mol. The standard InChI is InChI=1S/C23H21ClO2/c1-23(2)13-19(25)22-18(15-6-4-3-5-7-15)12-20(26-21(22)14-23)16-8-10-17(24)11-9-16/h3-12,18H,13-14H2,1-2H3. The van der Waals surface area contributed by atoms with E-state index in [0.717, 1.165) is 34.6 Å². The maximum Gasteiger partial charge on any atom is 0.163 e. The fourth-order valence-electron chi connectivity index (χ4n) is 3.81. The number of ketones is 1. The summed E-state index contributed by atoms with van der Waals surface area (Å²) in [5.74, 6) is 1.72. The summed E-state index contributed by atoms with van der Waals surface area (Å²) in [6.07, 6.45) is 3.39. The number of rotatable bonds is 2. The van der Waals surface area contributed by atoms with E-state index >= 15 is 0 Å². The van der Waals surface area contributed by atoms with Gasteiger partial charge < -0.3 is 4.74 Å². The molecule has 0 fully saturated rings. The number of halogens is 1. The minimum atomic E-state index is -0.0837. The maximum atomic E-state index is 12.9. The van der Waals surface area contributed by atoms with Crippen molar-refractivity contribution in [3.8, 4) is 0 Å². The number of carbonyl (C=O) groups is 1. The summed E-state index contributed by atoms with van der Waals surface area (Å²) >= 11 is 6.03. The third kappa shape index (κ3) is 3.22. The molecule has 0 N–H and O–H groups in total. The van der Waals surface area contributed by atoms with Crippen LogP contribution in [0.5, 0.6) is 0 Å². The zero-order chi connectivity index (χ0) is 18.3. The van der Waals surface area contributed by atoms with E-state index in [1.54, 1.807) is 0 Å². The molecule has 1 unspecified atom stereocenters. The third-order valence-corrected chi connectivity index (χ3v) is 5.28. The van der Waals surface area contributed by atoms with Gasteiger partial charge >= 0.3 is 0 Å². The van der Waals surface area contributed by atoms with Gasteiger partial charge in [-0.25, -0.2) is 0 Å². The molecule has 0 bridgehead atoms. The van der Waals surface area contributed by atoms with Gasteiger partial charge in [-0.3, -0.25) is 4.79 Å². The Morgan fingerprint density at radius 2 is 1.69 bits per heavy atom. The Bertz CT molecular complexity index is 905. The lowest BCUT2D eigenvalue weighted by molar-refractivity contribution is -0.118. The highest BCUT2D eigenvalue weighted by Crippen LogP contribution is 2.47. The topological polar surface area (TPSA) is 26.3 Å². The first-order valence-corrected chi connectivity index (χ1v) is 9.27. The fourth-order valence-corrected chi connectivity index (χ4v) is 3.94. The van der Waals surface area contributed by atoms with Gasteiger partial charge in [0.25, 0.3) is 0 Å². The number of hydrogen-bond donors (Lipinski definition) is 0. The molecule has 0 aromatic heterocycles. The average Bonchev–Trinajstić information content (AvgIpc) is 2.61. The maximum absolute atomic E-state index is 12.9. The van der Waals surface area contributed by atoms with Crippen LogP contribution in [0.1, 0.15) is 43.7 Å². The molecule has 2 aromatic carbocycles. The molecule has 132 valence electrons. The lowest BCUT2D eigenvalue weighted by Crippen LogP contribution is -2.30. The van der Waals surface area contributed by atoms with E-state index in [9.17, 15) is 4.79 Å². The zero-order valence-corrected chi connectivity index (χ0v) is 15.7. The Hall–Kier alpha value is -2.32. The molecule has 2 aromatic rings. The van der Waals surface area contributed by atoms with Crippen LogP contribution in [0, 0.1) is 5.41 Å². The van der Waals surface area contributed by atoms with Crippen LogP contribution < -0.4 is 0 Å². The van der Waals surface area contributed by atoms with Gasteiger partial charge in [0.05, 0.1) is 0 Å². The van der Waals surface area contributed by atoms with Crippen molar-refractivity contribution < 1.29 is 9.53 Å². The van der Waals surface area contributed by atoms with Crippen molar-refractivity contribution in [2.45, 2.75) is 32.6 Å². The summed E-state index contributed by atoms with van der Waals surface area (Å²) in [6, 6.07) is 17.8. The molecule has 2 nitrogen and oxygen atoms in total. The zero-order valence-electron chi connectivity index (χ0n) is 15.0. The van der Waals surface area contributed by atoms with E-state index in [0.29, 0.717) is 11.4 Å². The third-order valence-electron chi connectivity index (χ3n) is 5.03. The summed E-state index contributed by atoms with van der Waals surface area (Å²) in [5.41, 5.74) is 2.81. The van der Waals surface area contributed by atoms with Gasteiger partial charge in [0, 0.05) is 34.9 Å². The van der Waals surface area contributed by atoms with Crippen molar-refractivity contribution in [2.24, 2.45) is 5.41 Å². The van der Waals surface area contributed by atoms with Crippen molar-refractivity contribution in [1.29, 1.82) is 0 Å². The van der Waals surface area contributed by atoms with E-state index in [1.165, 1.54) is 0 Å². The highest BCUT2D eigenvalue weighted by atomic mass is 35.5. The Balaban J connectivity index is 1.82. The van der Waals surface area contributed by atoms with Gasteiger partial charge in [-0.1, -0.05) is 55.8 Å². The molecule has 0 saturated heterocycles. The Kier molecular flexibility index (Phi) is 4.24. The van der Waals surface area contributed by atoms with Gasteiger partial charge in [-0.15, -0.1) is 0 Å². The van der Waals surface area contributed by atoms with Crippen LogP contribution in [-0.2, 0) is 9.53 Å². The molecule has 2 aliphatic rings. The fraction of sp³-hybridized carbons (Fsp3) is 0.261. The number of benzene rings is 2. The summed E-state index contributed by atoms with van der Waals surface area (Å²) in [4.78, 5) is 12.9. The minimum absolute atomic E-state index is 0.0748. The summed E-state index contributed by atoms with van der Waals surface area (Å²) in [5, 5.41) is 0.693. The molecule has 1 aliphatic heterocycles. The van der Waals surface area contributed by atoms with Crippen LogP contribution in [0.15, 0.2) is 72.0 Å². The van der Waals surface area contributed by atoms with Crippen LogP contribution in [0.3, 0.4) is 0 Å². The second-order valence-electron chi connectivity index (χ2n) is 7.81.